The van der Waals surface area contributed by atoms with Crippen LogP contribution in [-0.2, 0) is 42.9 Å². The molecule has 6 atom stereocenters. The van der Waals surface area contributed by atoms with Crippen molar-refractivity contribution in [1.29, 1.82) is 0 Å². The molecule has 412 valence electrons. The number of aliphatic carboxylic acids is 1. The molecule has 3 N–H and O–H groups in total. The minimum atomic E-state index is -1.91. The molecule has 0 aromatic carbocycles. The summed E-state index contributed by atoms with van der Waals surface area (Å²) in [4.78, 5) is 50.9. The number of esters is 3. The van der Waals surface area contributed by atoms with Crippen LogP contribution in [0.2, 0.25) is 0 Å². The predicted octanol–water partition coefficient (Wildman–Crippen LogP) is 14.5. The molecule has 0 aromatic rings. The van der Waals surface area contributed by atoms with Crippen molar-refractivity contribution in [1.82, 2.24) is 0 Å². The lowest BCUT2D eigenvalue weighted by Crippen LogP contribution is -2.61. The third kappa shape index (κ3) is 38.2. The first-order valence-corrected chi connectivity index (χ1v) is 29.0. The van der Waals surface area contributed by atoms with E-state index in [0.717, 1.165) is 77.0 Å². The van der Waals surface area contributed by atoms with E-state index in [1.807, 2.05) is 0 Å². The highest BCUT2D eigenvalue weighted by atomic mass is 16.7. The van der Waals surface area contributed by atoms with Gasteiger partial charge in [-0.15, -0.1) is 0 Å². The molecule has 0 bridgehead atoms. The van der Waals surface area contributed by atoms with Gasteiger partial charge in [-0.05, 0) is 51.4 Å². The molecule has 12 nitrogen and oxygen atoms in total. The Morgan fingerprint density at radius 2 is 0.887 bits per heavy atom. The fraction of sp³-hybridized carbons (Fsp3) is 0.831. The van der Waals surface area contributed by atoms with Crippen molar-refractivity contribution in [3.63, 3.8) is 0 Å². The van der Waals surface area contributed by atoms with Crippen LogP contribution in [0.1, 0.15) is 265 Å². The van der Waals surface area contributed by atoms with Crippen LogP contribution in [0.15, 0.2) is 36.5 Å². The van der Waals surface area contributed by atoms with Crippen LogP contribution >= 0.6 is 0 Å². The van der Waals surface area contributed by atoms with Gasteiger partial charge in [0, 0.05) is 19.3 Å². The van der Waals surface area contributed by atoms with Gasteiger partial charge in [0.2, 0.25) is 0 Å². The highest BCUT2D eigenvalue weighted by Gasteiger charge is 2.50. The molecule has 0 aliphatic carbocycles. The molecular formula is C59H104O12. The van der Waals surface area contributed by atoms with E-state index < -0.39 is 67.3 Å². The van der Waals surface area contributed by atoms with Gasteiger partial charge in [0.25, 0.3) is 0 Å². The van der Waals surface area contributed by atoms with Gasteiger partial charge in [-0.3, -0.25) is 14.4 Å². The number of carbonyl (C=O) groups is 4. The van der Waals surface area contributed by atoms with E-state index in [9.17, 15) is 34.5 Å². The number of aliphatic hydroxyl groups excluding tert-OH is 2. The summed E-state index contributed by atoms with van der Waals surface area (Å²) in [5, 5.41) is 31.4. The molecule has 1 saturated heterocycles. The van der Waals surface area contributed by atoms with E-state index in [-0.39, 0.29) is 25.9 Å². The number of unbranched alkanes of at least 4 members (excludes halogenated alkanes) is 29. The fourth-order valence-corrected chi connectivity index (χ4v) is 8.80. The van der Waals surface area contributed by atoms with Gasteiger partial charge in [-0.2, -0.15) is 0 Å². The molecule has 0 aromatic heterocycles. The summed E-state index contributed by atoms with van der Waals surface area (Å²) < 4.78 is 28.3. The Balaban J connectivity index is 2.63. The minimum Gasteiger partial charge on any atom is -0.479 e. The molecule has 1 aliphatic rings. The Bertz CT molecular complexity index is 1380. The van der Waals surface area contributed by atoms with Crippen molar-refractivity contribution in [3.8, 4) is 0 Å². The smallest absolute Gasteiger partial charge is 0.335 e. The first-order valence-electron chi connectivity index (χ1n) is 29.0. The summed E-state index contributed by atoms with van der Waals surface area (Å²) in [6.45, 7) is 5.85. The van der Waals surface area contributed by atoms with Gasteiger partial charge in [0.1, 0.15) is 18.8 Å². The van der Waals surface area contributed by atoms with E-state index in [4.69, 9.17) is 23.7 Å². The molecule has 6 unspecified atom stereocenters. The Morgan fingerprint density at radius 1 is 0.479 bits per heavy atom. The lowest BCUT2D eigenvalue weighted by Gasteiger charge is -2.40. The van der Waals surface area contributed by atoms with Gasteiger partial charge in [-0.1, -0.05) is 231 Å². The monoisotopic (exact) mass is 1000 g/mol. The molecule has 0 spiro atoms. The van der Waals surface area contributed by atoms with Gasteiger partial charge in [-0.25, -0.2) is 4.79 Å². The normalized spacial score (nSPS) is 18.7. The van der Waals surface area contributed by atoms with Crippen molar-refractivity contribution >= 4 is 23.9 Å². The summed E-state index contributed by atoms with van der Waals surface area (Å²) in [5.74, 6) is -3.14. The Hall–Kier alpha value is -3.06. The molecule has 12 heteroatoms. The molecule has 1 rings (SSSR count). The summed E-state index contributed by atoms with van der Waals surface area (Å²) in [7, 11) is 0. The SMILES string of the molecule is CC/C=C\C/C=C\C/C=C\CCCCCC(=O)OC1C(OCC(COC(=O)CCCCCCCCCCCCCCCCCCCCC)OC(=O)CCCCCCCCCCC)OC(C(=O)O)C(O)C1O. The highest BCUT2D eigenvalue weighted by molar-refractivity contribution is 5.74. The van der Waals surface area contributed by atoms with Crippen molar-refractivity contribution in [2.45, 2.75) is 302 Å². The molecule has 0 saturated carbocycles. The summed E-state index contributed by atoms with van der Waals surface area (Å²) in [6, 6.07) is 0. The maximum absolute atomic E-state index is 13.1. The number of allylic oxidation sites excluding steroid dienone is 6. The highest BCUT2D eigenvalue weighted by Crippen LogP contribution is 2.26. The van der Waals surface area contributed by atoms with Crippen molar-refractivity contribution in [2.75, 3.05) is 13.2 Å². The molecule has 1 fully saturated rings. The zero-order chi connectivity index (χ0) is 51.8. The third-order valence-corrected chi connectivity index (χ3v) is 13.2. The first kappa shape index (κ1) is 66.0. The van der Waals surface area contributed by atoms with Crippen molar-refractivity contribution in [3.05, 3.63) is 36.5 Å². The number of carboxylic acids is 1. The van der Waals surface area contributed by atoms with Gasteiger partial charge in [0.15, 0.2) is 24.6 Å². The molecule has 1 aliphatic heterocycles. The summed E-state index contributed by atoms with van der Waals surface area (Å²) >= 11 is 0. The van der Waals surface area contributed by atoms with Crippen molar-refractivity contribution < 1.29 is 58.2 Å². The number of ether oxygens (including phenoxy) is 5. The number of carbonyl (C=O) groups excluding carboxylic acids is 3. The lowest BCUT2D eigenvalue weighted by molar-refractivity contribution is -0.301. The van der Waals surface area contributed by atoms with Gasteiger partial charge >= 0.3 is 23.9 Å². The van der Waals surface area contributed by atoms with Gasteiger partial charge in [0.05, 0.1) is 6.61 Å². The van der Waals surface area contributed by atoms with E-state index in [0.29, 0.717) is 19.3 Å². The van der Waals surface area contributed by atoms with Crippen LogP contribution in [0, 0.1) is 0 Å². The number of hydrogen-bond acceptors (Lipinski definition) is 11. The molecular weight excluding hydrogens is 901 g/mol. The van der Waals surface area contributed by atoms with Crippen LogP contribution in [0.4, 0.5) is 0 Å². The van der Waals surface area contributed by atoms with Crippen LogP contribution in [0.25, 0.3) is 0 Å². The maximum Gasteiger partial charge on any atom is 0.335 e. The Kier molecular flexibility index (Phi) is 44.5. The largest absolute Gasteiger partial charge is 0.479 e. The number of hydrogen-bond donors (Lipinski definition) is 3. The first-order chi connectivity index (χ1) is 34.6. The molecule has 0 amide bonds. The zero-order valence-corrected chi connectivity index (χ0v) is 45.2. The maximum atomic E-state index is 13.1. The van der Waals surface area contributed by atoms with Crippen molar-refractivity contribution in [2.24, 2.45) is 0 Å². The predicted molar refractivity (Wildman–Crippen MR) is 285 cm³/mol. The summed E-state index contributed by atoms with van der Waals surface area (Å²) in [6.07, 6.45) is 42.9. The zero-order valence-electron chi connectivity index (χ0n) is 45.2. The average molecular weight is 1010 g/mol. The number of carboxylic acid groups (broad SMARTS) is 1. The standard InChI is InChI=1S/C59H104O12/c1-4-7-10-13-16-19-21-23-24-25-26-27-28-30-31-34-36-39-42-45-51(60)67-48-50(69-52(61)46-43-40-37-33-18-15-12-9-6-3)49-68-59-57(55(64)54(63)56(71-59)58(65)66)70-53(62)47-44-41-38-35-32-29-22-20-17-14-11-8-5-2/h8,11,17,20,29,32,50,54-57,59,63-64H,4-7,9-10,12-16,18-19,21-28,30-31,33-49H2,1-3H3,(H,65,66)/b11-8-,20-17-,32-29-. The van der Waals surface area contributed by atoms with Crippen LogP contribution in [-0.4, -0.2) is 89.2 Å². The quantitative estimate of drug-likeness (QED) is 0.0228. The van der Waals surface area contributed by atoms with Crippen LogP contribution < -0.4 is 0 Å². The molecule has 0 radical (unpaired) electrons. The van der Waals surface area contributed by atoms with Crippen LogP contribution in [0.5, 0.6) is 0 Å². The average Bonchev–Trinajstić information content (AvgIpc) is 3.35. The third-order valence-electron chi connectivity index (χ3n) is 13.2. The second-order valence-electron chi connectivity index (χ2n) is 19.9. The Morgan fingerprint density at radius 3 is 1.35 bits per heavy atom. The van der Waals surface area contributed by atoms with Gasteiger partial charge < -0.3 is 39.0 Å². The molecule has 1 heterocycles. The van der Waals surface area contributed by atoms with Crippen LogP contribution in [0.3, 0.4) is 0 Å². The van der Waals surface area contributed by atoms with E-state index in [2.05, 4.69) is 57.2 Å². The van der Waals surface area contributed by atoms with E-state index in [1.165, 1.54) is 128 Å². The summed E-state index contributed by atoms with van der Waals surface area (Å²) in [5.41, 5.74) is 0. The lowest BCUT2D eigenvalue weighted by atomic mass is 9.98. The minimum absolute atomic E-state index is 0.0285. The second-order valence-corrected chi connectivity index (χ2v) is 19.9. The Labute approximate surface area is 431 Å². The fourth-order valence-electron chi connectivity index (χ4n) is 8.80. The molecule has 71 heavy (non-hydrogen) atoms. The number of aliphatic hydroxyl groups is 2. The van der Waals surface area contributed by atoms with E-state index >= 15 is 0 Å². The van der Waals surface area contributed by atoms with E-state index in [1.54, 1.807) is 0 Å². The number of rotatable bonds is 49. The topological polar surface area (TPSA) is 175 Å². The second kappa shape index (κ2) is 47.9.